The van der Waals surface area contributed by atoms with Crippen molar-refractivity contribution < 1.29 is 0 Å². The standard InChI is InChI=1S/C17H13N3S/c1-3-11-4-6-14-13(9-18-20-14)17(11)12-5-7-15-16(8-12)21-10(2)19-15/h3-9H,1H2,2H3,(H,18,20). The lowest BCUT2D eigenvalue weighted by molar-refractivity contribution is 1.12. The number of thiazole rings is 1. The van der Waals surface area contributed by atoms with E-state index in [1.165, 1.54) is 15.8 Å². The van der Waals surface area contributed by atoms with E-state index in [4.69, 9.17) is 0 Å². The van der Waals surface area contributed by atoms with Crippen molar-refractivity contribution in [3.63, 3.8) is 0 Å². The molecule has 4 aromatic rings. The van der Waals surface area contributed by atoms with Crippen LogP contribution >= 0.6 is 11.3 Å². The average Bonchev–Trinajstić information content (AvgIpc) is 3.09. The maximum Gasteiger partial charge on any atom is 0.0907 e. The quantitative estimate of drug-likeness (QED) is 0.577. The molecule has 21 heavy (non-hydrogen) atoms. The summed E-state index contributed by atoms with van der Waals surface area (Å²) in [4.78, 5) is 4.52. The van der Waals surface area contributed by atoms with Gasteiger partial charge in [0.05, 0.1) is 26.9 Å². The number of benzene rings is 2. The van der Waals surface area contributed by atoms with E-state index in [0.717, 1.165) is 27.0 Å². The molecule has 0 saturated carbocycles. The fourth-order valence-electron chi connectivity index (χ4n) is 2.72. The molecule has 0 spiro atoms. The summed E-state index contributed by atoms with van der Waals surface area (Å²) in [5.74, 6) is 0. The number of hydrogen-bond donors (Lipinski definition) is 1. The van der Waals surface area contributed by atoms with Gasteiger partial charge in [0.15, 0.2) is 0 Å². The van der Waals surface area contributed by atoms with E-state index in [9.17, 15) is 0 Å². The summed E-state index contributed by atoms with van der Waals surface area (Å²) in [7, 11) is 0. The van der Waals surface area contributed by atoms with Crippen molar-refractivity contribution in [1.82, 2.24) is 15.2 Å². The van der Waals surface area contributed by atoms with Crippen LogP contribution in [-0.2, 0) is 0 Å². The van der Waals surface area contributed by atoms with Gasteiger partial charge in [-0.1, -0.05) is 24.8 Å². The average molecular weight is 291 g/mol. The summed E-state index contributed by atoms with van der Waals surface area (Å²) in [6, 6.07) is 10.5. The van der Waals surface area contributed by atoms with Gasteiger partial charge in [-0.05, 0) is 41.8 Å². The second-order valence-electron chi connectivity index (χ2n) is 4.98. The van der Waals surface area contributed by atoms with Crippen molar-refractivity contribution >= 4 is 38.5 Å². The number of hydrogen-bond acceptors (Lipinski definition) is 3. The highest BCUT2D eigenvalue weighted by atomic mass is 32.1. The van der Waals surface area contributed by atoms with E-state index in [1.807, 2.05) is 25.3 Å². The van der Waals surface area contributed by atoms with Crippen molar-refractivity contribution in [1.29, 1.82) is 0 Å². The lowest BCUT2D eigenvalue weighted by atomic mass is 9.96. The Morgan fingerprint density at radius 1 is 1.24 bits per heavy atom. The third kappa shape index (κ3) is 1.87. The Bertz CT molecular complexity index is 978. The minimum atomic E-state index is 1.04. The van der Waals surface area contributed by atoms with Crippen LogP contribution in [0.4, 0.5) is 0 Å². The summed E-state index contributed by atoms with van der Waals surface area (Å²) in [5.41, 5.74) is 5.55. The molecule has 2 heterocycles. The summed E-state index contributed by atoms with van der Waals surface area (Å²) < 4.78 is 1.21. The first-order valence-electron chi connectivity index (χ1n) is 6.72. The van der Waals surface area contributed by atoms with Gasteiger partial charge in [-0.2, -0.15) is 5.10 Å². The molecule has 1 N–H and O–H groups in total. The lowest BCUT2D eigenvalue weighted by Crippen LogP contribution is -1.85. The zero-order valence-corrected chi connectivity index (χ0v) is 12.4. The van der Waals surface area contributed by atoms with Crippen molar-refractivity contribution in [3.05, 3.63) is 53.7 Å². The molecule has 2 aromatic heterocycles. The van der Waals surface area contributed by atoms with Crippen LogP contribution < -0.4 is 0 Å². The van der Waals surface area contributed by atoms with Gasteiger partial charge in [0.2, 0.25) is 0 Å². The van der Waals surface area contributed by atoms with Crippen LogP contribution in [0.2, 0.25) is 0 Å². The molecule has 3 nitrogen and oxygen atoms in total. The maximum atomic E-state index is 4.52. The first-order chi connectivity index (χ1) is 10.3. The molecule has 0 bridgehead atoms. The molecule has 0 unspecified atom stereocenters. The van der Waals surface area contributed by atoms with Crippen LogP contribution in [0.25, 0.3) is 38.3 Å². The van der Waals surface area contributed by atoms with Gasteiger partial charge in [0.25, 0.3) is 0 Å². The molecule has 0 fully saturated rings. The number of nitrogens with one attached hydrogen (secondary N) is 1. The fraction of sp³-hybridized carbons (Fsp3) is 0.0588. The Balaban J connectivity index is 2.06. The smallest absolute Gasteiger partial charge is 0.0907 e. The Hall–Kier alpha value is -2.46. The third-order valence-electron chi connectivity index (χ3n) is 3.66. The molecular formula is C17H13N3S. The predicted molar refractivity (Wildman–Crippen MR) is 89.5 cm³/mol. The van der Waals surface area contributed by atoms with Crippen LogP contribution in [0, 0.1) is 6.92 Å². The topological polar surface area (TPSA) is 41.6 Å². The van der Waals surface area contributed by atoms with Gasteiger partial charge in [-0.3, -0.25) is 5.10 Å². The predicted octanol–water partition coefficient (Wildman–Crippen LogP) is 4.79. The van der Waals surface area contributed by atoms with Crippen LogP contribution in [0.5, 0.6) is 0 Å². The van der Waals surface area contributed by atoms with Crippen molar-refractivity contribution in [2.24, 2.45) is 0 Å². The van der Waals surface area contributed by atoms with Gasteiger partial charge in [0.1, 0.15) is 0 Å². The van der Waals surface area contributed by atoms with Gasteiger partial charge < -0.3 is 0 Å². The lowest BCUT2D eigenvalue weighted by Gasteiger charge is -2.08. The molecule has 0 amide bonds. The first-order valence-corrected chi connectivity index (χ1v) is 7.54. The monoisotopic (exact) mass is 291 g/mol. The van der Waals surface area contributed by atoms with E-state index in [2.05, 4.69) is 46.0 Å². The number of aromatic amines is 1. The summed E-state index contributed by atoms with van der Waals surface area (Å²) in [6.07, 6.45) is 3.77. The van der Waals surface area contributed by atoms with Crippen LogP contribution in [-0.4, -0.2) is 15.2 Å². The molecule has 0 aliphatic carbocycles. The zero-order chi connectivity index (χ0) is 14.4. The molecular weight excluding hydrogens is 278 g/mol. The molecule has 0 saturated heterocycles. The largest absolute Gasteiger partial charge is 0.278 e. The number of nitrogens with zero attached hydrogens (tertiary/aromatic N) is 2. The molecule has 0 atom stereocenters. The molecule has 4 rings (SSSR count). The fourth-order valence-corrected chi connectivity index (χ4v) is 3.59. The molecule has 0 aliphatic rings. The van der Waals surface area contributed by atoms with E-state index in [0.29, 0.717) is 0 Å². The van der Waals surface area contributed by atoms with Gasteiger partial charge in [0, 0.05) is 5.39 Å². The van der Waals surface area contributed by atoms with E-state index in [-0.39, 0.29) is 0 Å². The maximum absolute atomic E-state index is 4.52. The van der Waals surface area contributed by atoms with Crippen LogP contribution in [0.3, 0.4) is 0 Å². The van der Waals surface area contributed by atoms with E-state index < -0.39 is 0 Å². The first kappa shape index (κ1) is 12.3. The number of H-pyrrole nitrogens is 1. The Morgan fingerprint density at radius 2 is 2.14 bits per heavy atom. The van der Waals surface area contributed by atoms with E-state index >= 15 is 0 Å². The van der Waals surface area contributed by atoms with Gasteiger partial charge >= 0.3 is 0 Å². The second kappa shape index (κ2) is 4.53. The highest BCUT2D eigenvalue weighted by Gasteiger charge is 2.11. The SMILES string of the molecule is C=Cc1ccc2[nH]ncc2c1-c1ccc2nc(C)sc2c1. The molecule has 4 heteroatoms. The number of aromatic nitrogens is 3. The summed E-state index contributed by atoms with van der Waals surface area (Å²) >= 11 is 1.72. The normalized spacial score (nSPS) is 11.3. The Kier molecular flexibility index (Phi) is 2.65. The van der Waals surface area contributed by atoms with Crippen LogP contribution in [0.15, 0.2) is 43.1 Å². The van der Waals surface area contributed by atoms with Gasteiger partial charge in [-0.25, -0.2) is 4.98 Å². The third-order valence-corrected chi connectivity index (χ3v) is 4.59. The molecule has 0 aliphatic heterocycles. The number of rotatable bonds is 2. The minimum absolute atomic E-state index is 1.04. The van der Waals surface area contributed by atoms with Crippen molar-refractivity contribution in [3.8, 4) is 11.1 Å². The van der Waals surface area contributed by atoms with Crippen molar-refractivity contribution in [2.75, 3.05) is 0 Å². The molecule has 2 aromatic carbocycles. The van der Waals surface area contributed by atoms with E-state index in [1.54, 1.807) is 11.3 Å². The van der Waals surface area contributed by atoms with Crippen LogP contribution in [0.1, 0.15) is 10.6 Å². The van der Waals surface area contributed by atoms with Crippen molar-refractivity contribution in [2.45, 2.75) is 6.92 Å². The highest BCUT2D eigenvalue weighted by Crippen LogP contribution is 2.34. The van der Waals surface area contributed by atoms with Gasteiger partial charge in [-0.15, -0.1) is 11.3 Å². The summed E-state index contributed by atoms with van der Waals surface area (Å²) in [5, 5.41) is 9.40. The Morgan fingerprint density at radius 3 is 3.00 bits per heavy atom. The minimum Gasteiger partial charge on any atom is -0.278 e. The summed E-state index contributed by atoms with van der Waals surface area (Å²) in [6.45, 7) is 5.97. The second-order valence-corrected chi connectivity index (χ2v) is 6.22. The highest BCUT2D eigenvalue weighted by molar-refractivity contribution is 7.18. The number of aryl methyl sites for hydroxylation is 1. The number of fused-ring (bicyclic) bond motifs is 2. The Labute approximate surface area is 126 Å². The molecule has 102 valence electrons. The zero-order valence-electron chi connectivity index (χ0n) is 11.6. The molecule has 0 radical (unpaired) electrons.